The molecule has 1 aliphatic rings. The zero-order valence-corrected chi connectivity index (χ0v) is 18.8. The molecule has 1 saturated heterocycles. The van der Waals surface area contributed by atoms with Crippen molar-refractivity contribution in [2.24, 2.45) is 4.99 Å². The number of hydrogen-bond acceptors (Lipinski definition) is 3. The van der Waals surface area contributed by atoms with E-state index in [0.29, 0.717) is 12.6 Å². The molecule has 1 aliphatic heterocycles. The van der Waals surface area contributed by atoms with E-state index >= 15 is 0 Å². The van der Waals surface area contributed by atoms with Gasteiger partial charge in [0.15, 0.2) is 5.96 Å². The average Bonchev–Trinajstić information content (AvgIpc) is 2.70. The molecule has 0 atom stereocenters. The molecule has 6 heteroatoms. The number of carbonyl (C=O) groups is 1. The van der Waals surface area contributed by atoms with Crippen LogP contribution in [0.15, 0.2) is 29.3 Å². The smallest absolute Gasteiger partial charge is 0.234 e. The second kappa shape index (κ2) is 11.2. The maximum atomic E-state index is 11.9. The fraction of sp³-hybridized carbons (Fsp3) is 0.652. The lowest BCUT2D eigenvalue weighted by atomic mass is 9.87. The summed E-state index contributed by atoms with van der Waals surface area (Å²) < 4.78 is 0. The first kappa shape index (κ1) is 23.2. The van der Waals surface area contributed by atoms with Gasteiger partial charge in [0.25, 0.3) is 0 Å². The fourth-order valence-electron chi connectivity index (χ4n) is 3.46. The molecule has 29 heavy (non-hydrogen) atoms. The first-order valence-corrected chi connectivity index (χ1v) is 10.9. The molecular weight excluding hydrogens is 362 g/mol. The van der Waals surface area contributed by atoms with Crippen LogP contribution in [0.25, 0.3) is 0 Å². The molecule has 1 amide bonds. The molecule has 0 aliphatic carbocycles. The second-order valence-corrected chi connectivity index (χ2v) is 8.92. The highest BCUT2D eigenvalue weighted by atomic mass is 16.2. The number of amides is 1. The molecule has 162 valence electrons. The largest absolute Gasteiger partial charge is 0.355 e. The first-order valence-electron chi connectivity index (χ1n) is 10.9. The molecule has 0 saturated carbocycles. The predicted octanol–water partition coefficient (Wildman–Crippen LogP) is 2.64. The maximum Gasteiger partial charge on any atom is 0.234 e. The van der Waals surface area contributed by atoms with Crippen molar-refractivity contribution >= 4 is 11.9 Å². The van der Waals surface area contributed by atoms with Gasteiger partial charge in [0.2, 0.25) is 5.91 Å². The number of benzene rings is 1. The topological polar surface area (TPSA) is 68.8 Å². The molecule has 3 N–H and O–H groups in total. The number of piperidine rings is 1. The van der Waals surface area contributed by atoms with E-state index in [9.17, 15) is 4.79 Å². The molecule has 1 aromatic carbocycles. The minimum absolute atomic E-state index is 0.133. The Bertz CT molecular complexity index is 655. The van der Waals surface area contributed by atoms with Gasteiger partial charge < -0.3 is 16.0 Å². The van der Waals surface area contributed by atoms with Gasteiger partial charge in [0, 0.05) is 39.3 Å². The highest BCUT2D eigenvalue weighted by molar-refractivity contribution is 5.80. The summed E-state index contributed by atoms with van der Waals surface area (Å²) in [6.45, 7) is 12.6. The van der Waals surface area contributed by atoms with Crippen LogP contribution >= 0.6 is 0 Å². The third-order valence-corrected chi connectivity index (χ3v) is 5.37. The number of nitrogens with one attached hydrogen (secondary N) is 3. The number of hydrogen-bond donors (Lipinski definition) is 3. The SMILES string of the molecule is CCCNC(=O)CN1CCC(NC(=NC)NCc2ccc(C(C)(C)C)cc2)CC1. The van der Waals surface area contributed by atoms with Crippen LogP contribution in [0.3, 0.4) is 0 Å². The first-order chi connectivity index (χ1) is 13.8. The molecule has 0 unspecified atom stereocenters. The van der Waals surface area contributed by atoms with Gasteiger partial charge in [-0.3, -0.25) is 14.7 Å². The lowest BCUT2D eigenvalue weighted by Crippen LogP contribution is -2.50. The Hall–Kier alpha value is -2.08. The monoisotopic (exact) mass is 401 g/mol. The molecular formula is C23H39N5O. The van der Waals surface area contributed by atoms with Gasteiger partial charge >= 0.3 is 0 Å². The Balaban J connectivity index is 1.73. The van der Waals surface area contributed by atoms with E-state index in [1.165, 1.54) is 11.1 Å². The molecule has 2 rings (SSSR count). The van der Waals surface area contributed by atoms with Gasteiger partial charge in [-0.1, -0.05) is 52.0 Å². The summed E-state index contributed by atoms with van der Waals surface area (Å²) in [5.74, 6) is 0.970. The minimum Gasteiger partial charge on any atom is -0.355 e. The van der Waals surface area contributed by atoms with Crippen LogP contribution in [0.4, 0.5) is 0 Å². The van der Waals surface area contributed by atoms with Crippen LogP contribution in [0.1, 0.15) is 58.1 Å². The summed E-state index contributed by atoms with van der Waals surface area (Å²) in [5, 5.41) is 9.90. The summed E-state index contributed by atoms with van der Waals surface area (Å²) in [6.07, 6.45) is 3.01. The molecule has 0 bridgehead atoms. The molecule has 6 nitrogen and oxygen atoms in total. The molecule has 0 radical (unpaired) electrons. The summed E-state index contributed by atoms with van der Waals surface area (Å²) >= 11 is 0. The predicted molar refractivity (Wildman–Crippen MR) is 121 cm³/mol. The quantitative estimate of drug-likeness (QED) is 0.485. The minimum atomic E-state index is 0.133. The standard InChI is InChI=1S/C23H39N5O/c1-6-13-25-21(29)17-28-14-11-20(12-15-28)27-22(24-5)26-16-18-7-9-19(10-8-18)23(2,3)4/h7-10,20H,6,11-17H2,1-5H3,(H,25,29)(H2,24,26,27). The fourth-order valence-corrected chi connectivity index (χ4v) is 3.46. The van der Waals surface area contributed by atoms with Gasteiger partial charge in [-0.2, -0.15) is 0 Å². The van der Waals surface area contributed by atoms with Gasteiger partial charge in [-0.25, -0.2) is 0 Å². The summed E-state index contributed by atoms with van der Waals surface area (Å²) in [4.78, 5) is 18.5. The number of carbonyl (C=O) groups excluding carboxylic acids is 1. The van der Waals surface area contributed by atoms with E-state index < -0.39 is 0 Å². The van der Waals surface area contributed by atoms with Crippen LogP contribution < -0.4 is 16.0 Å². The van der Waals surface area contributed by atoms with Crippen molar-refractivity contribution in [2.45, 2.75) is 65.0 Å². The Morgan fingerprint density at radius 2 is 1.79 bits per heavy atom. The van der Waals surface area contributed by atoms with Crippen molar-refractivity contribution in [1.82, 2.24) is 20.9 Å². The zero-order chi connectivity index (χ0) is 21.3. The number of aliphatic imine (C=N–C) groups is 1. The highest BCUT2D eigenvalue weighted by Gasteiger charge is 2.21. The summed E-state index contributed by atoms with van der Waals surface area (Å²) in [6, 6.07) is 9.17. The van der Waals surface area contributed by atoms with Crippen LogP contribution in [-0.2, 0) is 16.8 Å². The third-order valence-electron chi connectivity index (χ3n) is 5.37. The maximum absolute atomic E-state index is 11.9. The Morgan fingerprint density at radius 3 is 2.34 bits per heavy atom. The van der Waals surface area contributed by atoms with Crippen molar-refractivity contribution in [2.75, 3.05) is 33.2 Å². The van der Waals surface area contributed by atoms with Crippen molar-refractivity contribution in [3.8, 4) is 0 Å². The van der Waals surface area contributed by atoms with Crippen LogP contribution in [0.2, 0.25) is 0 Å². The molecule has 1 aromatic rings. The van der Waals surface area contributed by atoms with E-state index in [1.807, 2.05) is 7.05 Å². The van der Waals surface area contributed by atoms with Crippen molar-refractivity contribution in [3.63, 3.8) is 0 Å². The van der Waals surface area contributed by atoms with Crippen molar-refractivity contribution in [3.05, 3.63) is 35.4 Å². The van der Waals surface area contributed by atoms with Crippen LogP contribution in [0.5, 0.6) is 0 Å². The molecule has 0 aromatic heterocycles. The summed E-state index contributed by atoms with van der Waals surface area (Å²) in [5.41, 5.74) is 2.77. The Kier molecular flexibility index (Phi) is 8.96. The Labute approximate surface area is 176 Å². The number of nitrogens with zero attached hydrogens (tertiary/aromatic N) is 2. The normalized spacial score (nSPS) is 16.5. The molecule has 1 fully saturated rings. The van der Waals surface area contributed by atoms with Gasteiger partial charge in [-0.15, -0.1) is 0 Å². The molecule has 0 spiro atoms. The van der Waals surface area contributed by atoms with E-state index in [1.54, 1.807) is 0 Å². The summed E-state index contributed by atoms with van der Waals surface area (Å²) in [7, 11) is 1.81. The van der Waals surface area contributed by atoms with Gasteiger partial charge in [0.05, 0.1) is 6.54 Å². The number of rotatable bonds is 7. The van der Waals surface area contributed by atoms with Crippen LogP contribution in [-0.4, -0.2) is 56.0 Å². The van der Waals surface area contributed by atoms with E-state index in [2.05, 4.69) is 77.8 Å². The van der Waals surface area contributed by atoms with Crippen LogP contribution in [0, 0.1) is 0 Å². The lowest BCUT2D eigenvalue weighted by molar-refractivity contribution is -0.122. The van der Waals surface area contributed by atoms with E-state index in [0.717, 1.165) is 51.4 Å². The Morgan fingerprint density at radius 1 is 1.14 bits per heavy atom. The van der Waals surface area contributed by atoms with Gasteiger partial charge in [-0.05, 0) is 35.8 Å². The van der Waals surface area contributed by atoms with Crippen molar-refractivity contribution < 1.29 is 4.79 Å². The number of guanidine groups is 1. The van der Waals surface area contributed by atoms with Gasteiger partial charge in [0.1, 0.15) is 0 Å². The lowest BCUT2D eigenvalue weighted by Gasteiger charge is -2.32. The zero-order valence-electron chi connectivity index (χ0n) is 18.8. The second-order valence-electron chi connectivity index (χ2n) is 8.92. The average molecular weight is 402 g/mol. The third kappa shape index (κ3) is 8.05. The van der Waals surface area contributed by atoms with E-state index in [4.69, 9.17) is 0 Å². The number of likely N-dealkylation sites (tertiary alicyclic amines) is 1. The van der Waals surface area contributed by atoms with E-state index in [-0.39, 0.29) is 11.3 Å². The highest BCUT2D eigenvalue weighted by Crippen LogP contribution is 2.22. The molecule has 1 heterocycles. The van der Waals surface area contributed by atoms with Crippen molar-refractivity contribution in [1.29, 1.82) is 0 Å².